The molecule has 4 nitrogen and oxygen atoms in total. The average Bonchev–Trinajstić information content (AvgIpc) is 2.48. The second kappa shape index (κ2) is 6.75. The van der Waals surface area contributed by atoms with Crippen LogP contribution < -0.4 is 10.1 Å². The second-order valence-electron chi connectivity index (χ2n) is 6.34. The Bertz CT molecular complexity index is 451. The van der Waals surface area contributed by atoms with Crippen LogP contribution in [0.4, 0.5) is 0 Å². The Morgan fingerprint density at radius 1 is 1.33 bits per heavy atom. The van der Waals surface area contributed by atoms with Crippen molar-refractivity contribution >= 4 is 0 Å². The van der Waals surface area contributed by atoms with Gasteiger partial charge >= 0.3 is 0 Å². The third-order valence-corrected chi connectivity index (χ3v) is 4.99. The van der Waals surface area contributed by atoms with Gasteiger partial charge in [-0.1, -0.05) is 13.3 Å². The molecule has 2 bridgehead atoms. The van der Waals surface area contributed by atoms with Crippen LogP contribution in [-0.4, -0.2) is 41.7 Å². The van der Waals surface area contributed by atoms with Crippen molar-refractivity contribution in [1.29, 1.82) is 0 Å². The van der Waals surface area contributed by atoms with Crippen LogP contribution in [0.25, 0.3) is 0 Å². The zero-order valence-corrected chi connectivity index (χ0v) is 13.2. The van der Waals surface area contributed by atoms with E-state index in [1.165, 1.54) is 37.7 Å². The Hall–Kier alpha value is -1.13. The lowest BCUT2D eigenvalue weighted by Crippen LogP contribution is -2.55. The predicted molar refractivity (Wildman–Crippen MR) is 84.5 cm³/mol. The SMILES string of the molecule is CCNC1CC2CCCC(C1)N2Cc1ccnc(OC)c1. The number of aromatic nitrogens is 1. The molecule has 2 saturated heterocycles. The van der Waals surface area contributed by atoms with Crippen LogP contribution in [0, 0.1) is 0 Å². The standard InChI is InChI=1S/C17H27N3O/c1-3-18-14-10-15-5-4-6-16(11-14)20(15)12-13-7-8-19-17(9-13)21-2/h7-9,14-16,18H,3-6,10-12H2,1-2H3. The molecule has 0 aromatic carbocycles. The summed E-state index contributed by atoms with van der Waals surface area (Å²) in [6, 6.07) is 6.38. The fourth-order valence-corrected chi connectivity index (χ4v) is 4.06. The van der Waals surface area contributed by atoms with E-state index in [1.54, 1.807) is 7.11 Å². The van der Waals surface area contributed by atoms with Crippen molar-refractivity contribution in [2.45, 2.75) is 63.7 Å². The van der Waals surface area contributed by atoms with Crippen molar-refractivity contribution in [3.05, 3.63) is 23.9 Å². The van der Waals surface area contributed by atoms with Gasteiger partial charge in [-0.25, -0.2) is 4.98 Å². The third kappa shape index (κ3) is 3.38. The molecule has 2 aliphatic rings. The minimum atomic E-state index is 0.716. The van der Waals surface area contributed by atoms with Gasteiger partial charge in [0.1, 0.15) is 0 Å². The first-order chi connectivity index (χ1) is 10.3. The molecule has 1 N–H and O–H groups in total. The summed E-state index contributed by atoms with van der Waals surface area (Å²) < 4.78 is 5.25. The minimum absolute atomic E-state index is 0.716. The predicted octanol–water partition coefficient (Wildman–Crippen LogP) is 2.59. The molecule has 21 heavy (non-hydrogen) atoms. The summed E-state index contributed by atoms with van der Waals surface area (Å²) >= 11 is 0. The highest BCUT2D eigenvalue weighted by atomic mass is 16.5. The van der Waals surface area contributed by atoms with Gasteiger partial charge in [0.2, 0.25) is 5.88 Å². The van der Waals surface area contributed by atoms with Crippen molar-refractivity contribution in [1.82, 2.24) is 15.2 Å². The van der Waals surface area contributed by atoms with Crippen LogP contribution >= 0.6 is 0 Å². The van der Waals surface area contributed by atoms with Gasteiger partial charge in [0, 0.05) is 36.9 Å². The maximum Gasteiger partial charge on any atom is 0.213 e. The van der Waals surface area contributed by atoms with Crippen molar-refractivity contribution in [3.8, 4) is 5.88 Å². The molecule has 0 radical (unpaired) electrons. The molecule has 1 aromatic heterocycles. The Kier molecular flexibility index (Phi) is 4.76. The van der Waals surface area contributed by atoms with Crippen LogP contribution in [0.1, 0.15) is 44.6 Å². The number of hydrogen-bond acceptors (Lipinski definition) is 4. The van der Waals surface area contributed by atoms with E-state index >= 15 is 0 Å². The molecule has 3 rings (SSSR count). The molecule has 1 aromatic rings. The van der Waals surface area contributed by atoms with Gasteiger partial charge in [0.05, 0.1) is 7.11 Å². The smallest absolute Gasteiger partial charge is 0.213 e. The number of nitrogens with one attached hydrogen (secondary N) is 1. The number of methoxy groups -OCH3 is 1. The Morgan fingerprint density at radius 3 is 2.76 bits per heavy atom. The van der Waals surface area contributed by atoms with Crippen molar-refractivity contribution in [3.63, 3.8) is 0 Å². The normalized spacial score (nSPS) is 29.3. The molecule has 0 aliphatic carbocycles. The number of nitrogens with zero attached hydrogens (tertiary/aromatic N) is 2. The molecule has 3 heterocycles. The van der Waals surface area contributed by atoms with Crippen LogP contribution in [-0.2, 0) is 6.54 Å². The first kappa shape index (κ1) is 14.8. The molecule has 2 unspecified atom stereocenters. The molecule has 2 atom stereocenters. The molecule has 4 heteroatoms. The molecular weight excluding hydrogens is 262 g/mol. The van der Waals surface area contributed by atoms with Gasteiger partial charge < -0.3 is 10.1 Å². The fraction of sp³-hybridized carbons (Fsp3) is 0.706. The largest absolute Gasteiger partial charge is 0.481 e. The molecule has 116 valence electrons. The summed E-state index contributed by atoms with van der Waals surface area (Å²) in [6.07, 6.45) is 8.54. The van der Waals surface area contributed by atoms with Crippen molar-refractivity contribution < 1.29 is 4.74 Å². The summed E-state index contributed by atoms with van der Waals surface area (Å²) in [6.45, 7) is 4.34. The van der Waals surface area contributed by atoms with Gasteiger partial charge in [-0.2, -0.15) is 0 Å². The number of hydrogen-bond donors (Lipinski definition) is 1. The van der Waals surface area contributed by atoms with E-state index in [-0.39, 0.29) is 0 Å². The van der Waals surface area contributed by atoms with E-state index in [1.807, 2.05) is 6.20 Å². The monoisotopic (exact) mass is 289 g/mol. The quantitative estimate of drug-likeness (QED) is 0.904. The molecule has 0 spiro atoms. The third-order valence-electron chi connectivity index (χ3n) is 4.99. The Morgan fingerprint density at radius 2 is 2.10 bits per heavy atom. The first-order valence-electron chi connectivity index (χ1n) is 8.28. The van der Waals surface area contributed by atoms with E-state index in [0.717, 1.165) is 31.1 Å². The average molecular weight is 289 g/mol. The van der Waals surface area contributed by atoms with E-state index in [2.05, 4.69) is 34.3 Å². The zero-order chi connectivity index (χ0) is 14.7. The summed E-state index contributed by atoms with van der Waals surface area (Å²) in [4.78, 5) is 6.94. The summed E-state index contributed by atoms with van der Waals surface area (Å²) in [5.74, 6) is 0.722. The maximum absolute atomic E-state index is 5.25. The van der Waals surface area contributed by atoms with Gasteiger partial charge in [-0.15, -0.1) is 0 Å². The number of rotatable bonds is 5. The number of ether oxygens (including phenoxy) is 1. The highest BCUT2D eigenvalue weighted by Crippen LogP contribution is 2.35. The number of piperidine rings is 2. The summed E-state index contributed by atoms with van der Waals surface area (Å²) in [5.41, 5.74) is 1.32. The zero-order valence-electron chi connectivity index (χ0n) is 13.2. The minimum Gasteiger partial charge on any atom is -0.481 e. The van der Waals surface area contributed by atoms with Gasteiger partial charge in [-0.05, 0) is 43.9 Å². The topological polar surface area (TPSA) is 37.4 Å². The van der Waals surface area contributed by atoms with Crippen LogP contribution in [0.3, 0.4) is 0 Å². The van der Waals surface area contributed by atoms with Gasteiger partial charge in [-0.3, -0.25) is 4.90 Å². The lowest BCUT2D eigenvalue weighted by atomic mass is 9.81. The van der Waals surface area contributed by atoms with Crippen molar-refractivity contribution in [2.24, 2.45) is 0 Å². The lowest BCUT2D eigenvalue weighted by molar-refractivity contribution is 0.0179. The van der Waals surface area contributed by atoms with Crippen LogP contribution in [0.15, 0.2) is 18.3 Å². The lowest BCUT2D eigenvalue weighted by Gasteiger charge is -2.49. The van der Waals surface area contributed by atoms with E-state index in [9.17, 15) is 0 Å². The maximum atomic E-state index is 5.25. The molecule has 0 amide bonds. The van der Waals surface area contributed by atoms with Gasteiger partial charge in [0.15, 0.2) is 0 Å². The van der Waals surface area contributed by atoms with E-state index in [4.69, 9.17) is 4.74 Å². The number of fused-ring (bicyclic) bond motifs is 2. The van der Waals surface area contributed by atoms with E-state index in [0.29, 0.717) is 6.04 Å². The molecule has 2 aliphatic heterocycles. The Balaban J connectivity index is 1.70. The first-order valence-corrected chi connectivity index (χ1v) is 8.28. The highest BCUT2D eigenvalue weighted by molar-refractivity contribution is 5.20. The summed E-state index contributed by atoms with van der Waals surface area (Å²) in [7, 11) is 1.68. The highest BCUT2D eigenvalue weighted by Gasteiger charge is 2.37. The fourth-order valence-electron chi connectivity index (χ4n) is 4.06. The molecule has 0 saturated carbocycles. The summed E-state index contributed by atoms with van der Waals surface area (Å²) in [5, 5.41) is 3.66. The second-order valence-corrected chi connectivity index (χ2v) is 6.34. The van der Waals surface area contributed by atoms with Gasteiger partial charge in [0.25, 0.3) is 0 Å². The van der Waals surface area contributed by atoms with Crippen LogP contribution in [0.5, 0.6) is 5.88 Å². The van der Waals surface area contributed by atoms with Crippen molar-refractivity contribution in [2.75, 3.05) is 13.7 Å². The number of pyridine rings is 1. The Labute approximate surface area is 127 Å². The van der Waals surface area contributed by atoms with Crippen LogP contribution in [0.2, 0.25) is 0 Å². The van der Waals surface area contributed by atoms with E-state index < -0.39 is 0 Å². The molecule has 2 fully saturated rings. The molecular formula is C17H27N3O.